The van der Waals surface area contributed by atoms with Crippen molar-refractivity contribution in [1.82, 2.24) is 15.2 Å². The lowest BCUT2D eigenvalue weighted by Crippen LogP contribution is -2.65. The average Bonchev–Trinajstić information content (AvgIpc) is 2.55. The van der Waals surface area contributed by atoms with Crippen LogP contribution in [0.15, 0.2) is 18.3 Å². The number of aromatic nitrogens is 1. The molecule has 0 radical (unpaired) electrons. The normalized spacial score (nSPS) is 25.5. The predicted octanol–water partition coefficient (Wildman–Crippen LogP) is 0.912. The number of hydrogen-bond donors (Lipinski definition) is 2. The van der Waals surface area contributed by atoms with E-state index in [1.165, 1.54) is 6.07 Å². The Bertz CT molecular complexity index is 597. The third kappa shape index (κ3) is 3.85. The summed E-state index contributed by atoms with van der Waals surface area (Å²) >= 11 is 0. The highest BCUT2D eigenvalue weighted by atomic mass is 19.4. The molecular formula is C15H20F3N3O3. The van der Waals surface area contributed by atoms with Crippen LogP contribution in [0, 0.1) is 0 Å². The fourth-order valence-corrected chi connectivity index (χ4v) is 2.56. The molecule has 2 heterocycles. The Morgan fingerprint density at radius 2 is 2.29 bits per heavy atom. The summed E-state index contributed by atoms with van der Waals surface area (Å²) in [5.74, 6) is -0.664. The average molecular weight is 347 g/mol. The molecule has 2 rings (SSSR count). The van der Waals surface area contributed by atoms with Gasteiger partial charge in [0.05, 0.1) is 25.4 Å². The number of rotatable bonds is 4. The van der Waals surface area contributed by atoms with Crippen molar-refractivity contribution in [3.05, 3.63) is 29.6 Å². The summed E-state index contributed by atoms with van der Waals surface area (Å²) in [4.78, 5) is 17.3. The van der Waals surface area contributed by atoms with Gasteiger partial charge >= 0.3 is 6.18 Å². The van der Waals surface area contributed by atoms with E-state index < -0.39 is 23.3 Å². The number of nitrogens with one attached hydrogen (secondary N) is 1. The second-order valence-corrected chi connectivity index (χ2v) is 5.97. The van der Waals surface area contributed by atoms with Crippen molar-refractivity contribution in [2.75, 3.05) is 33.4 Å². The fourth-order valence-electron chi connectivity index (χ4n) is 2.56. The lowest BCUT2D eigenvalue weighted by molar-refractivity contribution is -0.141. The highest BCUT2D eigenvalue weighted by molar-refractivity contribution is 5.94. The summed E-state index contributed by atoms with van der Waals surface area (Å²) in [5.41, 5.74) is -2.08. The van der Waals surface area contributed by atoms with Gasteiger partial charge < -0.3 is 15.2 Å². The zero-order valence-corrected chi connectivity index (χ0v) is 13.4. The van der Waals surface area contributed by atoms with Crippen molar-refractivity contribution in [1.29, 1.82) is 0 Å². The van der Waals surface area contributed by atoms with Gasteiger partial charge in [-0.2, -0.15) is 13.2 Å². The topological polar surface area (TPSA) is 74.7 Å². The van der Waals surface area contributed by atoms with Crippen molar-refractivity contribution in [3.8, 4) is 0 Å². The van der Waals surface area contributed by atoms with Crippen LogP contribution in [0.2, 0.25) is 0 Å². The molecule has 6 nitrogen and oxygen atoms in total. The van der Waals surface area contributed by atoms with Crippen molar-refractivity contribution in [2.24, 2.45) is 0 Å². The van der Waals surface area contributed by atoms with E-state index in [0.717, 1.165) is 6.20 Å². The standard InChI is InChI=1S/C15H20F3N3O3/c1-10-6-24-9-14(8-22,21(10)2)7-20-13(23)11-3-4-19-12(5-11)15(16,17)18/h3-5,10,22H,6-9H2,1-2H3,(H,20,23)/t10-,14+/m1/s1. The van der Waals surface area contributed by atoms with Crippen molar-refractivity contribution < 1.29 is 27.8 Å². The zero-order chi connectivity index (χ0) is 18.0. The molecule has 1 aromatic rings. The van der Waals surface area contributed by atoms with Gasteiger partial charge in [-0.25, -0.2) is 0 Å². The number of carbonyl (C=O) groups excluding carboxylic acids is 1. The number of ether oxygens (including phenoxy) is 1. The van der Waals surface area contributed by atoms with E-state index in [4.69, 9.17) is 4.74 Å². The van der Waals surface area contributed by atoms with Crippen molar-refractivity contribution >= 4 is 5.91 Å². The smallest absolute Gasteiger partial charge is 0.394 e. The minimum absolute atomic E-state index is 0.0422. The second-order valence-electron chi connectivity index (χ2n) is 5.97. The minimum atomic E-state index is -4.62. The Morgan fingerprint density at radius 1 is 1.58 bits per heavy atom. The Morgan fingerprint density at radius 3 is 2.92 bits per heavy atom. The van der Waals surface area contributed by atoms with Gasteiger partial charge in [0.15, 0.2) is 0 Å². The maximum Gasteiger partial charge on any atom is 0.433 e. The molecule has 1 amide bonds. The first kappa shape index (κ1) is 18.6. The third-order valence-electron chi connectivity index (χ3n) is 4.32. The van der Waals surface area contributed by atoms with Gasteiger partial charge in [-0.05, 0) is 26.1 Å². The largest absolute Gasteiger partial charge is 0.433 e. The molecule has 1 saturated heterocycles. The Hall–Kier alpha value is -1.71. The van der Waals surface area contributed by atoms with Gasteiger partial charge in [0.2, 0.25) is 0 Å². The van der Waals surface area contributed by atoms with E-state index in [0.29, 0.717) is 12.7 Å². The van der Waals surface area contributed by atoms with Crippen molar-refractivity contribution in [3.63, 3.8) is 0 Å². The van der Waals surface area contributed by atoms with Crippen LogP contribution in [0.3, 0.4) is 0 Å². The molecule has 1 aliphatic rings. The van der Waals surface area contributed by atoms with Crippen LogP contribution in [-0.4, -0.2) is 65.9 Å². The molecular weight excluding hydrogens is 327 g/mol. The van der Waals surface area contributed by atoms with Crippen molar-refractivity contribution in [2.45, 2.75) is 24.7 Å². The number of pyridine rings is 1. The number of amides is 1. The molecule has 1 fully saturated rings. The highest BCUT2D eigenvalue weighted by Crippen LogP contribution is 2.27. The third-order valence-corrected chi connectivity index (χ3v) is 4.32. The molecule has 24 heavy (non-hydrogen) atoms. The molecule has 1 aromatic heterocycles. The molecule has 9 heteroatoms. The Kier molecular flexibility index (Phi) is 5.46. The second kappa shape index (κ2) is 7.04. The monoisotopic (exact) mass is 347 g/mol. The molecule has 134 valence electrons. The molecule has 0 saturated carbocycles. The molecule has 1 aliphatic heterocycles. The summed E-state index contributed by atoms with van der Waals surface area (Å²) < 4.78 is 43.5. The predicted molar refractivity (Wildman–Crippen MR) is 79.4 cm³/mol. The quantitative estimate of drug-likeness (QED) is 0.847. The van der Waals surface area contributed by atoms with E-state index >= 15 is 0 Å². The SMILES string of the molecule is C[C@@H]1COC[C@@](CO)(CNC(=O)c2ccnc(C(F)(F)F)c2)N1C. The Labute approximate surface area is 137 Å². The molecule has 2 atom stereocenters. The van der Waals surface area contributed by atoms with Gasteiger partial charge in [-0.3, -0.25) is 14.7 Å². The molecule has 2 N–H and O–H groups in total. The molecule has 0 bridgehead atoms. The summed E-state index contributed by atoms with van der Waals surface area (Å²) in [6.45, 7) is 2.44. The summed E-state index contributed by atoms with van der Waals surface area (Å²) in [5, 5.41) is 12.3. The van der Waals surface area contributed by atoms with Crippen LogP contribution in [-0.2, 0) is 10.9 Å². The van der Waals surface area contributed by atoms with E-state index in [1.54, 1.807) is 0 Å². The number of likely N-dealkylation sites (N-methyl/N-ethyl adjacent to an activating group) is 1. The number of halogens is 3. The maximum atomic E-state index is 12.7. The summed E-state index contributed by atoms with van der Waals surface area (Å²) in [6, 6.07) is 1.95. The fraction of sp³-hybridized carbons (Fsp3) is 0.600. The van der Waals surface area contributed by atoms with E-state index in [1.807, 2.05) is 18.9 Å². The van der Waals surface area contributed by atoms with Gasteiger partial charge in [-0.15, -0.1) is 0 Å². The summed E-state index contributed by atoms with van der Waals surface area (Å²) in [6.07, 6.45) is -3.67. The van der Waals surface area contributed by atoms with E-state index in [-0.39, 0.29) is 31.4 Å². The molecule has 0 unspecified atom stereocenters. The van der Waals surface area contributed by atoms with E-state index in [2.05, 4.69) is 10.3 Å². The maximum absolute atomic E-state index is 12.7. The van der Waals surface area contributed by atoms with Gasteiger partial charge in [-0.1, -0.05) is 0 Å². The van der Waals surface area contributed by atoms with Crippen LogP contribution in [0.1, 0.15) is 23.0 Å². The number of alkyl halides is 3. The van der Waals surface area contributed by atoms with Gasteiger partial charge in [0.1, 0.15) is 5.69 Å². The lowest BCUT2D eigenvalue weighted by atomic mass is 9.96. The molecule has 0 aliphatic carbocycles. The van der Waals surface area contributed by atoms with Gasteiger partial charge in [0.25, 0.3) is 5.91 Å². The number of morpholine rings is 1. The number of hydrogen-bond acceptors (Lipinski definition) is 5. The van der Waals surface area contributed by atoms with Crippen LogP contribution < -0.4 is 5.32 Å². The van der Waals surface area contributed by atoms with E-state index in [9.17, 15) is 23.1 Å². The number of aliphatic hydroxyl groups excluding tert-OH is 1. The molecule has 0 spiro atoms. The minimum Gasteiger partial charge on any atom is -0.394 e. The first-order valence-corrected chi connectivity index (χ1v) is 7.42. The van der Waals surface area contributed by atoms with Crippen LogP contribution in [0.5, 0.6) is 0 Å². The van der Waals surface area contributed by atoms with Gasteiger partial charge in [0, 0.05) is 24.3 Å². The Balaban J connectivity index is 2.09. The number of carbonyl (C=O) groups is 1. The zero-order valence-electron chi connectivity index (χ0n) is 13.4. The van der Waals surface area contributed by atoms with Crippen LogP contribution in [0.25, 0.3) is 0 Å². The highest BCUT2D eigenvalue weighted by Gasteiger charge is 2.40. The number of aliphatic hydroxyl groups is 1. The van der Waals surface area contributed by atoms with Crippen LogP contribution >= 0.6 is 0 Å². The number of nitrogens with zero attached hydrogens (tertiary/aromatic N) is 2. The van der Waals surface area contributed by atoms with Crippen LogP contribution in [0.4, 0.5) is 13.2 Å². The lowest BCUT2D eigenvalue weighted by Gasteiger charge is -2.47. The molecule has 0 aromatic carbocycles. The first-order chi connectivity index (χ1) is 11.2. The first-order valence-electron chi connectivity index (χ1n) is 7.42. The summed E-state index contributed by atoms with van der Waals surface area (Å²) in [7, 11) is 1.81.